The number of benzene rings is 1. The molecule has 0 unspecified atom stereocenters. The van der Waals surface area contributed by atoms with Gasteiger partial charge in [0.15, 0.2) is 0 Å². The Morgan fingerprint density at radius 3 is 2.81 bits per heavy atom. The summed E-state index contributed by atoms with van der Waals surface area (Å²) in [6.45, 7) is 1.64. The van der Waals surface area contributed by atoms with Crippen LogP contribution in [0.4, 0.5) is 4.39 Å². The summed E-state index contributed by atoms with van der Waals surface area (Å²) in [6, 6.07) is 3.91. The Kier molecular flexibility index (Phi) is 4.49. The van der Waals surface area contributed by atoms with Gasteiger partial charge in [0, 0.05) is 5.75 Å². The molecular weight excluding hydrogens is 229 g/mol. The van der Waals surface area contributed by atoms with Crippen LogP contribution in [0.1, 0.15) is 22.8 Å². The molecule has 1 N–H and O–H groups in total. The van der Waals surface area contributed by atoms with Crippen LogP contribution >= 0.6 is 11.8 Å². The molecule has 86 valence electrons. The molecule has 0 fully saturated rings. The molecule has 1 aromatic carbocycles. The smallest absolute Gasteiger partial charge is 0.338 e. The van der Waals surface area contributed by atoms with Crippen molar-refractivity contribution >= 4 is 22.8 Å². The van der Waals surface area contributed by atoms with Gasteiger partial charge >= 0.3 is 5.97 Å². The maximum absolute atomic E-state index is 13.0. The molecule has 1 rings (SSSR count). The van der Waals surface area contributed by atoms with Crippen molar-refractivity contribution in [3.05, 3.63) is 35.1 Å². The van der Waals surface area contributed by atoms with Crippen LogP contribution in [-0.4, -0.2) is 18.1 Å². The summed E-state index contributed by atoms with van der Waals surface area (Å²) in [4.78, 5) is 11.4. The number of hydrogen-bond donors (Lipinski definition) is 1. The summed E-state index contributed by atoms with van der Waals surface area (Å²) in [5.74, 6) is -0.499. The molecule has 5 heteroatoms. The summed E-state index contributed by atoms with van der Waals surface area (Å²) in [7, 11) is 1.28. The average Bonchev–Trinajstić information content (AvgIpc) is 2.25. The summed E-state index contributed by atoms with van der Waals surface area (Å²) in [5, 5.41) is 7.69. The molecule has 0 aromatic heterocycles. The fraction of sp³-hybridized carbons (Fsp3) is 0.273. The van der Waals surface area contributed by atoms with E-state index in [1.165, 1.54) is 37.1 Å². The van der Waals surface area contributed by atoms with E-state index in [0.29, 0.717) is 21.9 Å². The van der Waals surface area contributed by atoms with E-state index in [-0.39, 0.29) is 0 Å². The third-order valence-corrected chi connectivity index (χ3v) is 2.81. The van der Waals surface area contributed by atoms with Crippen LogP contribution in [0.15, 0.2) is 18.2 Å². The minimum absolute atomic E-state index is 0.345. The molecular formula is C11H12FNO2S. The Bertz CT molecular complexity index is 420. The SMILES string of the molecule is COC(=O)c1ccc(F)cc1CSC(C)=N. The van der Waals surface area contributed by atoms with E-state index in [4.69, 9.17) is 5.41 Å². The fourth-order valence-electron chi connectivity index (χ4n) is 1.18. The quantitative estimate of drug-likeness (QED) is 0.503. The largest absolute Gasteiger partial charge is 0.465 e. The van der Waals surface area contributed by atoms with Gasteiger partial charge in [-0.2, -0.15) is 0 Å². The van der Waals surface area contributed by atoms with Gasteiger partial charge in [-0.25, -0.2) is 9.18 Å². The Morgan fingerprint density at radius 2 is 2.25 bits per heavy atom. The van der Waals surface area contributed by atoms with Crippen molar-refractivity contribution in [2.45, 2.75) is 12.7 Å². The molecule has 0 aliphatic heterocycles. The molecule has 0 radical (unpaired) electrons. The normalized spacial score (nSPS) is 9.94. The highest BCUT2D eigenvalue weighted by Gasteiger charge is 2.12. The molecule has 16 heavy (non-hydrogen) atoms. The maximum atomic E-state index is 13.0. The van der Waals surface area contributed by atoms with Crippen LogP contribution < -0.4 is 0 Å². The van der Waals surface area contributed by atoms with Crippen LogP contribution in [0, 0.1) is 11.2 Å². The summed E-state index contributed by atoms with van der Waals surface area (Å²) >= 11 is 1.24. The van der Waals surface area contributed by atoms with E-state index in [0.717, 1.165) is 0 Å². The average molecular weight is 241 g/mol. The van der Waals surface area contributed by atoms with Crippen LogP contribution in [0.2, 0.25) is 0 Å². The second kappa shape index (κ2) is 5.65. The van der Waals surface area contributed by atoms with Crippen LogP contribution in [0.25, 0.3) is 0 Å². The van der Waals surface area contributed by atoms with Crippen molar-refractivity contribution in [3.63, 3.8) is 0 Å². The number of carbonyl (C=O) groups excluding carboxylic acids is 1. The lowest BCUT2D eigenvalue weighted by Gasteiger charge is -2.07. The van der Waals surface area contributed by atoms with Crippen LogP contribution in [0.3, 0.4) is 0 Å². The number of nitrogens with one attached hydrogen (secondary N) is 1. The summed E-state index contributed by atoms with van der Waals surface area (Å²) in [5.41, 5.74) is 0.890. The predicted molar refractivity (Wildman–Crippen MR) is 62.4 cm³/mol. The van der Waals surface area contributed by atoms with Crippen molar-refractivity contribution in [2.75, 3.05) is 7.11 Å². The maximum Gasteiger partial charge on any atom is 0.338 e. The zero-order valence-electron chi connectivity index (χ0n) is 9.04. The van der Waals surface area contributed by atoms with E-state index >= 15 is 0 Å². The van der Waals surface area contributed by atoms with E-state index in [1.54, 1.807) is 6.92 Å². The van der Waals surface area contributed by atoms with Crippen LogP contribution in [0.5, 0.6) is 0 Å². The first-order valence-electron chi connectivity index (χ1n) is 4.59. The highest BCUT2D eigenvalue weighted by Crippen LogP contribution is 2.19. The summed E-state index contributed by atoms with van der Waals surface area (Å²) < 4.78 is 17.6. The van der Waals surface area contributed by atoms with Gasteiger partial charge in [0.1, 0.15) is 5.82 Å². The molecule has 1 aromatic rings. The van der Waals surface area contributed by atoms with Crippen LogP contribution in [-0.2, 0) is 10.5 Å². The molecule has 3 nitrogen and oxygen atoms in total. The third kappa shape index (κ3) is 3.34. The van der Waals surface area contributed by atoms with Gasteiger partial charge in [0.25, 0.3) is 0 Å². The minimum atomic E-state index is -0.488. The topological polar surface area (TPSA) is 50.2 Å². The Balaban J connectivity index is 2.98. The Labute approximate surface area is 97.5 Å². The second-order valence-electron chi connectivity index (χ2n) is 3.14. The van der Waals surface area contributed by atoms with Gasteiger partial charge < -0.3 is 4.74 Å². The molecule has 0 spiro atoms. The zero-order chi connectivity index (χ0) is 12.1. The lowest BCUT2D eigenvalue weighted by Crippen LogP contribution is -2.05. The number of halogens is 1. The standard InChI is InChI=1S/C11H12FNO2S/c1-7(13)16-6-8-5-9(12)3-4-10(8)11(14)15-2/h3-5,13H,6H2,1-2H3. The monoisotopic (exact) mass is 241 g/mol. The molecule has 0 aliphatic rings. The van der Waals surface area contributed by atoms with Gasteiger partial charge in [0.05, 0.1) is 17.7 Å². The number of methoxy groups -OCH3 is 1. The van der Waals surface area contributed by atoms with Crippen molar-refractivity contribution in [1.29, 1.82) is 5.41 Å². The minimum Gasteiger partial charge on any atom is -0.465 e. The second-order valence-corrected chi connectivity index (χ2v) is 4.33. The number of hydrogen-bond acceptors (Lipinski definition) is 4. The van der Waals surface area contributed by atoms with Gasteiger partial charge in [0.2, 0.25) is 0 Å². The van der Waals surface area contributed by atoms with E-state index in [1.807, 2.05) is 0 Å². The zero-order valence-corrected chi connectivity index (χ0v) is 9.86. The van der Waals surface area contributed by atoms with Gasteiger partial charge in [-0.3, -0.25) is 5.41 Å². The lowest BCUT2D eigenvalue weighted by molar-refractivity contribution is 0.0600. The van der Waals surface area contributed by atoms with E-state index < -0.39 is 11.8 Å². The lowest BCUT2D eigenvalue weighted by atomic mass is 10.1. The van der Waals surface area contributed by atoms with Crippen molar-refractivity contribution < 1.29 is 13.9 Å². The first kappa shape index (κ1) is 12.7. The van der Waals surface area contributed by atoms with Crippen molar-refractivity contribution in [1.82, 2.24) is 0 Å². The summed E-state index contributed by atoms with van der Waals surface area (Å²) in [6.07, 6.45) is 0. The predicted octanol–water partition coefficient (Wildman–Crippen LogP) is 2.84. The van der Waals surface area contributed by atoms with Crippen molar-refractivity contribution in [2.24, 2.45) is 0 Å². The first-order chi connectivity index (χ1) is 7.54. The molecule has 0 amide bonds. The number of carbonyl (C=O) groups is 1. The molecule has 0 saturated heterocycles. The molecule has 0 bridgehead atoms. The number of esters is 1. The Hall–Kier alpha value is -1.36. The highest BCUT2D eigenvalue weighted by atomic mass is 32.2. The Morgan fingerprint density at radius 1 is 1.56 bits per heavy atom. The highest BCUT2D eigenvalue weighted by molar-refractivity contribution is 8.13. The third-order valence-electron chi connectivity index (χ3n) is 1.92. The van der Waals surface area contributed by atoms with Crippen molar-refractivity contribution in [3.8, 4) is 0 Å². The molecule has 0 heterocycles. The van der Waals surface area contributed by atoms with Gasteiger partial charge in [-0.15, -0.1) is 11.8 Å². The number of thioether (sulfide) groups is 1. The first-order valence-corrected chi connectivity index (χ1v) is 5.58. The molecule has 0 aliphatic carbocycles. The molecule has 0 saturated carbocycles. The molecule has 0 atom stereocenters. The van der Waals surface area contributed by atoms with E-state index in [9.17, 15) is 9.18 Å². The van der Waals surface area contributed by atoms with Gasteiger partial charge in [-0.1, -0.05) is 0 Å². The number of rotatable bonds is 3. The van der Waals surface area contributed by atoms with E-state index in [2.05, 4.69) is 4.74 Å². The number of ether oxygens (including phenoxy) is 1. The van der Waals surface area contributed by atoms with Gasteiger partial charge in [-0.05, 0) is 30.7 Å². The fourth-order valence-corrected chi connectivity index (χ4v) is 1.79.